The van der Waals surface area contributed by atoms with Crippen molar-refractivity contribution < 1.29 is 37.0 Å². The third kappa shape index (κ3) is 6.29. The Hall–Kier alpha value is -3.93. The fourth-order valence-corrected chi connectivity index (χ4v) is 2.72. The monoisotopic (exact) mass is 464 g/mol. The third-order valence-electron chi connectivity index (χ3n) is 4.31. The summed E-state index contributed by atoms with van der Waals surface area (Å²) >= 11 is 0. The molecule has 9 nitrogen and oxygen atoms in total. The van der Waals surface area contributed by atoms with E-state index in [1.54, 1.807) is 30.1 Å². The zero-order valence-corrected chi connectivity index (χ0v) is 17.3. The number of halogens is 3. The Morgan fingerprint density at radius 3 is 2.52 bits per heavy atom. The molecule has 0 saturated heterocycles. The van der Waals surface area contributed by atoms with Crippen molar-refractivity contribution in [1.82, 2.24) is 9.97 Å². The van der Waals surface area contributed by atoms with E-state index in [9.17, 15) is 22.8 Å². The van der Waals surface area contributed by atoms with Crippen molar-refractivity contribution in [2.45, 2.75) is 6.18 Å². The molecule has 174 valence electrons. The number of pyridine rings is 1. The summed E-state index contributed by atoms with van der Waals surface area (Å²) in [4.78, 5) is 32.5. The van der Waals surface area contributed by atoms with Crippen LogP contribution in [0.15, 0.2) is 53.1 Å². The van der Waals surface area contributed by atoms with E-state index in [0.717, 1.165) is 0 Å². The molecule has 2 N–H and O–H groups in total. The second-order valence-corrected chi connectivity index (χ2v) is 6.79. The number of benzene rings is 1. The molecule has 0 aliphatic carbocycles. The zero-order valence-electron chi connectivity index (χ0n) is 17.3. The highest BCUT2D eigenvalue weighted by atomic mass is 19.4. The van der Waals surface area contributed by atoms with Gasteiger partial charge in [0, 0.05) is 19.2 Å². The van der Waals surface area contributed by atoms with Gasteiger partial charge >= 0.3 is 12.1 Å². The molecule has 1 amide bonds. The van der Waals surface area contributed by atoms with Crippen LogP contribution in [-0.4, -0.2) is 53.8 Å². The van der Waals surface area contributed by atoms with E-state index in [2.05, 4.69) is 15.3 Å². The number of oxazole rings is 1. The number of rotatable bonds is 9. The maximum Gasteiger partial charge on any atom is 0.452 e. The number of alkyl halides is 3. The minimum atomic E-state index is -4.92. The van der Waals surface area contributed by atoms with Crippen LogP contribution in [0.3, 0.4) is 0 Å². The van der Waals surface area contributed by atoms with Crippen molar-refractivity contribution in [3.63, 3.8) is 0 Å². The summed E-state index contributed by atoms with van der Waals surface area (Å²) in [5, 5.41) is 10.9. The number of aromatic nitrogens is 2. The van der Waals surface area contributed by atoms with Crippen LogP contribution in [0.5, 0.6) is 0 Å². The Balaban J connectivity index is 1.71. The summed E-state index contributed by atoms with van der Waals surface area (Å²) in [6.07, 6.45) is -3.65. The molecule has 0 radical (unpaired) electrons. The number of carbonyl (C=O) groups is 2. The van der Waals surface area contributed by atoms with Gasteiger partial charge in [-0.2, -0.15) is 13.2 Å². The van der Waals surface area contributed by atoms with E-state index in [4.69, 9.17) is 14.3 Å². The minimum Gasteiger partial charge on any atom is -0.480 e. The number of nitrogens with one attached hydrogen (secondary N) is 1. The Morgan fingerprint density at radius 2 is 1.91 bits per heavy atom. The number of carboxylic acids is 1. The zero-order chi connectivity index (χ0) is 24.0. The molecule has 2 heterocycles. The van der Waals surface area contributed by atoms with Gasteiger partial charge in [-0.05, 0) is 24.3 Å². The fourth-order valence-electron chi connectivity index (χ4n) is 2.72. The fraction of sp³-hybridized carbons (Fsp3) is 0.238. The van der Waals surface area contributed by atoms with Gasteiger partial charge in [0.2, 0.25) is 11.7 Å². The van der Waals surface area contributed by atoms with E-state index < -0.39 is 36.1 Å². The second kappa shape index (κ2) is 10.1. The first-order chi connectivity index (χ1) is 15.6. The van der Waals surface area contributed by atoms with Gasteiger partial charge in [0.05, 0.1) is 18.5 Å². The molecule has 3 aromatic rings. The number of likely N-dealkylation sites (N-methyl/N-ethyl adjacent to an activating group) is 1. The summed E-state index contributed by atoms with van der Waals surface area (Å²) in [7, 11) is 1.70. The normalized spacial score (nSPS) is 11.3. The summed E-state index contributed by atoms with van der Waals surface area (Å²) in [5.41, 5.74) is -0.446. The molecule has 0 spiro atoms. The van der Waals surface area contributed by atoms with E-state index in [0.29, 0.717) is 17.9 Å². The maximum absolute atomic E-state index is 13.4. The predicted molar refractivity (Wildman–Crippen MR) is 111 cm³/mol. The first-order valence-electron chi connectivity index (χ1n) is 9.56. The second-order valence-electron chi connectivity index (χ2n) is 6.79. The number of hydrogen-bond donors (Lipinski definition) is 2. The summed E-state index contributed by atoms with van der Waals surface area (Å²) in [6.45, 7) is 0.0847. The Morgan fingerprint density at radius 1 is 1.18 bits per heavy atom. The Bertz CT molecular complexity index is 1100. The number of carboxylic acid groups (broad SMARTS) is 1. The largest absolute Gasteiger partial charge is 0.480 e. The number of carbonyl (C=O) groups excluding carboxylic acids is 1. The van der Waals surface area contributed by atoms with Crippen molar-refractivity contribution in [3.05, 3.63) is 60.1 Å². The number of hydrogen-bond acceptors (Lipinski definition) is 7. The lowest BCUT2D eigenvalue weighted by atomic mass is 10.2. The van der Waals surface area contributed by atoms with Gasteiger partial charge in [-0.25, -0.2) is 14.8 Å². The first kappa shape index (κ1) is 23.7. The molecule has 0 fully saturated rings. The Labute approximate surface area is 185 Å². The lowest BCUT2D eigenvalue weighted by Gasteiger charge is -2.18. The summed E-state index contributed by atoms with van der Waals surface area (Å²) in [6, 6.07) is 10.9. The van der Waals surface area contributed by atoms with Crippen LogP contribution in [0.2, 0.25) is 0 Å². The van der Waals surface area contributed by atoms with Crippen molar-refractivity contribution in [3.8, 4) is 11.5 Å². The van der Waals surface area contributed by atoms with Gasteiger partial charge in [0.25, 0.3) is 5.91 Å². The van der Waals surface area contributed by atoms with Crippen LogP contribution in [0.1, 0.15) is 16.2 Å². The van der Waals surface area contributed by atoms with Crippen LogP contribution in [0, 0.1) is 0 Å². The number of aliphatic carboxylic acids is 1. The lowest BCUT2D eigenvalue weighted by Crippen LogP contribution is -2.24. The summed E-state index contributed by atoms with van der Waals surface area (Å²) < 4.78 is 50.1. The molecule has 12 heteroatoms. The van der Waals surface area contributed by atoms with E-state index in [-0.39, 0.29) is 18.2 Å². The van der Waals surface area contributed by atoms with Crippen molar-refractivity contribution in [2.75, 3.05) is 37.0 Å². The molecular weight excluding hydrogens is 445 g/mol. The molecule has 1 aromatic carbocycles. The molecule has 0 atom stereocenters. The van der Waals surface area contributed by atoms with Crippen LogP contribution in [0.4, 0.5) is 24.7 Å². The van der Waals surface area contributed by atoms with Gasteiger partial charge in [-0.1, -0.05) is 18.2 Å². The smallest absolute Gasteiger partial charge is 0.452 e. The van der Waals surface area contributed by atoms with Crippen LogP contribution < -0.4 is 10.2 Å². The SMILES string of the molecule is CN(CCOCC(=O)O)c1ccc(NC(=O)c2nc(-c3ccccc3)oc2C(F)(F)F)cn1. The number of ether oxygens (including phenoxy) is 1. The van der Waals surface area contributed by atoms with E-state index in [1.165, 1.54) is 30.5 Å². The highest BCUT2D eigenvalue weighted by Gasteiger charge is 2.42. The van der Waals surface area contributed by atoms with E-state index in [1.807, 2.05) is 0 Å². The van der Waals surface area contributed by atoms with E-state index >= 15 is 0 Å². The first-order valence-corrected chi connectivity index (χ1v) is 9.56. The van der Waals surface area contributed by atoms with Crippen LogP contribution in [0.25, 0.3) is 11.5 Å². The van der Waals surface area contributed by atoms with Crippen molar-refractivity contribution in [2.24, 2.45) is 0 Å². The van der Waals surface area contributed by atoms with Crippen molar-refractivity contribution in [1.29, 1.82) is 0 Å². The highest BCUT2D eigenvalue weighted by molar-refractivity contribution is 6.04. The quantitative estimate of drug-likeness (QED) is 0.462. The van der Waals surface area contributed by atoms with Crippen molar-refractivity contribution >= 4 is 23.4 Å². The number of nitrogens with zero attached hydrogens (tertiary/aromatic N) is 3. The topological polar surface area (TPSA) is 118 Å². The van der Waals surface area contributed by atoms with Crippen LogP contribution in [-0.2, 0) is 15.7 Å². The average molecular weight is 464 g/mol. The predicted octanol–water partition coefficient (Wildman–Crippen LogP) is 3.55. The molecule has 33 heavy (non-hydrogen) atoms. The minimum absolute atomic E-state index is 0.150. The van der Waals surface area contributed by atoms with Gasteiger partial charge < -0.3 is 24.5 Å². The molecule has 0 saturated carbocycles. The molecule has 0 bridgehead atoms. The maximum atomic E-state index is 13.4. The Kier molecular flexibility index (Phi) is 7.28. The van der Waals surface area contributed by atoms with Gasteiger partial charge in [0.1, 0.15) is 12.4 Å². The molecular formula is C21H19F3N4O5. The average Bonchev–Trinajstić information content (AvgIpc) is 3.24. The molecule has 3 rings (SSSR count). The number of amides is 1. The molecule has 0 aliphatic heterocycles. The third-order valence-corrected chi connectivity index (χ3v) is 4.31. The molecule has 2 aromatic heterocycles. The molecule has 0 unspecified atom stereocenters. The van der Waals surface area contributed by atoms with Gasteiger partial charge in [-0.15, -0.1) is 0 Å². The lowest BCUT2D eigenvalue weighted by molar-refractivity contribution is -0.153. The number of anilines is 2. The highest BCUT2D eigenvalue weighted by Crippen LogP contribution is 2.35. The van der Waals surface area contributed by atoms with Gasteiger partial charge in [-0.3, -0.25) is 4.79 Å². The standard InChI is InChI=1S/C21H19F3N4O5/c1-28(9-10-32-12-16(29)30)15-8-7-14(11-25-15)26-19(31)17-18(21(22,23)24)33-20(27-17)13-5-3-2-4-6-13/h2-8,11H,9-10,12H2,1H3,(H,26,31)(H,29,30). The van der Waals surface area contributed by atoms with Crippen LogP contribution >= 0.6 is 0 Å². The molecule has 0 aliphatic rings. The van der Waals surface area contributed by atoms with Gasteiger partial charge in [0.15, 0.2) is 5.69 Å². The summed E-state index contributed by atoms with van der Waals surface area (Å²) in [5.74, 6) is -3.51.